The Labute approximate surface area is 180 Å². The van der Waals surface area contributed by atoms with Crippen LogP contribution in [0.15, 0.2) is 91.0 Å². The molecule has 0 aliphatic heterocycles. The first kappa shape index (κ1) is 20.0. The van der Waals surface area contributed by atoms with Gasteiger partial charge in [0, 0.05) is 11.4 Å². The van der Waals surface area contributed by atoms with Gasteiger partial charge in [-0.3, -0.25) is 0 Å². The van der Waals surface area contributed by atoms with Crippen LogP contribution in [0.1, 0.15) is 38.9 Å². The summed E-state index contributed by atoms with van der Waals surface area (Å²) in [7, 11) is 0. The Morgan fingerprint density at radius 1 is 0.467 bits per heavy atom. The minimum Gasteiger partial charge on any atom is -0.356 e. The van der Waals surface area contributed by atoms with Crippen molar-refractivity contribution in [2.75, 3.05) is 5.32 Å². The van der Waals surface area contributed by atoms with Gasteiger partial charge in [-0.1, -0.05) is 77.9 Å². The minimum atomic E-state index is 0.936. The second-order valence-corrected chi connectivity index (χ2v) is 8.36. The molecule has 0 atom stereocenters. The molecule has 0 unspecified atom stereocenters. The molecule has 0 saturated heterocycles. The van der Waals surface area contributed by atoms with Crippen LogP contribution in [0.5, 0.6) is 0 Å². The van der Waals surface area contributed by atoms with E-state index in [1.807, 2.05) is 0 Å². The number of rotatable bonds is 6. The molecule has 1 N–H and O–H groups in total. The lowest BCUT2D eigenvalue weighted by Gasteiger charge is -2.13. The topological polar surface area (TPSA) is 12.0 Å². The number of hydrogen-bond donors (Lipinski definition) is 1. The van der Waals surface area contributed by atoms with Gasteiger partial charge in [0.25, 0.3) is 0 Å². The molecule has 1 heteroatoms. The van der Waals surface area contributed by atoms with E-state index in [0.717, 1.165) is 24.2 Å². The van der Waals surface area contributed by atoms with E-state index >= 15 is 0 Å². The zero-order chi connectivity index (χ0) is 20.9. The first-order chi connectivity index (χ1) is 14.5. The molecule has 0 heterocycles. The molecule has 4 aromatic rings. The average molecular weight is 392 g/mol. The third kappa shape index (κ3) is 5.39. The first-order valence-corrected chi connectivity index (χ1v) is 10.6. The molecule has 0 bridgehead atoms. The summed E-state index contributed by atoms with van der Waals surface area (Å²) in [5, 5.41) is 3.62. The zero-order valence-electron chi connectivity index (χ0n) is 18.1. The van der Waals surface area contributed by atoms with Gasteiger partial charge in [0.15, 0.2) is 0 Å². The van der Waals surface area contributed by atoms with Crippen molar-refractivity contribution >= 4 is 11.4 Å². The van der Waals surface area contributed by atoms with Crippen LogP contribution in [-0.2, 0) is 12.8 Å². The minimum absolute atomic E-state index is 0.936. The summed E-state index contributed by atoms with van der Waals surface area (Å²) < 4.78 is 0. The summed E-state index contributed by atoms with van der Waals surface area (Å²) >= 11 is 0. The van der Waals surface area contributed by atoms with Gasteiger partial charge in [-0.05, 0) is 85.7 Å². The van der Waals surface area contributed by atoms with E-state index < -0.39 is 0 Å². The fourth-order valence-electron chi connectivity index (χ4n) is 4.04. The molecule has 1 nitrogen and oxygen atoms in total. The molecule has 30 heavy (non-hydrogen) atoms. The molecule has 0 radical (unpaired) electrons. The van der Waals surface area contributed by atoms with Crippen molar-refractivity contribution in [3.05, 3.63) is 130 Å². The van der Waals surface area contributed by atoms with E-state index in [9.17, 15) is 0 Å². The van der Waals surface area contributed by atoms with Crippen LogP contribution in [0.3, 0.4) is 0 Å². The highest BCUT2D eigenvalue weighted by Gasteiger charge is 2.06. The van der Waals surface area contributed by atoms with Crippen LogP contribution in [0.2, 0.25) is 0 Å². The van der Waals surface area contributed by atoms with E-state index in [-0.39, 0.29) is 0 Å². The van der Waals surface area contributed by atoms with Crippen molar-refractivity contribution in [3.63, 3.8) is 0 Å². The van der Waals surface area contributed by atoms with Gasteiger partial charge in [-0.25, -0.2) is 0 Å². The van der Waals surface area contributed by atoms with Crippen molar-refractivity contribution in [1.29, 1.82) is 0 Å². The van der Waals surface area contributed by atoms with Crippen LogP contribution in [0, 0.1) is 20.8 Å². The molecule has 0 amide bonds. The highest BCUT2D eigenvalue weighted by atomic mass is 14.9. The van der Waals surface area contributed by atoms with Gasteiger partial charge in [0.2, 0.25) is 0 Å². The number of hydrogen-bond acceptors (Lipinski definition) is 1. The van der Waals surface area contributed by atoms with Crippen molar-refractivity contribution in [3.8, 4) is 0 Å². The van der Waals surface area contributed by atoms with E-state index in [2.05, 4.69) is 117 Å². The summed E-state index contributed by atoms with van der Waals surface area (Å²) in [4.78, 5) is 0. The molecular weight excluding hydrogens is 362 g/mol. The predicted molar refractivity (Wildman–Crippen MR) is 129 cm³/mol. The van der Waals surface area contributed by atoms with Gasteiger partial charge in [-0.15, -0.1) is 0 Å². The van der Waals surface area contributed by atoms with Crippen LogP contribution in [0.4, 0.5) is 11.4 Å². The third-order valence-electron chi connectivity index (χ3n) is 5.34. The third-order valence-corrected chi connectivity index (χ3v) is 5.34. The lowest BCUT2D eigenvalue weighted by molar-refractivity contribution is 1.13. The largest absolute Gasteiger partial charge is 0.356 e. The Kier molecular flexibility index (Phi) is 5.99. The van der Waals surface area contributed by atoms with Crippen LogP contribution in [-0.4, -0.2) is 0 Å². The summed E-state index contributed by atoms with van der Waals surface area (Å²) in [6, 6.07) is 33.0. The zero-order valence-corrected chi connectivity index (χ0v) is 18.1. The summed E-state index contributed by atoms with van der Waals surface area (Å²) in [6.07, 6.45) is 1.87. The maximum Gasteiger partial charge on any atom is 0.0389 e. The van der Waals surface area contributed by atoms with Gasteiger partial charge in [0.1, 0.15) is 0 Å². The molecule has 4 rings (SSSR count). The summed E-state index contributed by atoms with van der Waals surface area (Å²) in [6.45, 7) is 6.44. The van der Waals surface area contributed by atoms with Crippen molar-refractivity contribution < 1.29 is 0 Å². The normalized spacial score (nSPS) is 10.8. The molecule has 0 aliphatic carbocycles. The first-order valence-electron chi connectivity index (χ1n) is 10.6. The molecule has 0 saturated carbocycles. The summed E-state index contributed by atoms with van der Waals surface area (Å²) in [5.41, 5.74) is 11.5. The van der Waals surface area contributed by atoms with Gasteiger partial charge < -0.3 is 5.32 Å². The lowest BCUT2D eigenvalue weighted by Crippen LogP contribution is -1.98. The molecule has 0 aromatic heterocycles. The fourth-order valence-corrected chi connectivity index (χ4v) is 4.04. The lowest BCUT2D eigenvalue weighted by atomic mass is 9.97. The smallest absolute Gasteiger partial charge is 0.0389 e. The van der Waals surface area contributed by atoms with Crippen molar-refractivity contribution in [1.82, 2.24) is 0 Å². The van der Waals surface area contributed by atoms with Gasteiger partial charge in [0.05, 0.1) is 0 Å². The van der Waals surface area contributed by atoms with E-state index in [0.29, 0.717) is 0 Å². The Morgan fingerprint density at radius 2 is 0.967 bits per heavy atom. The van der Waals surface area contributed by atoms with Crippen molar-refractivity contribution in [2.45, 2.75) is 33.6 Å². The van der Waals surface area contributed by atoms with E-state index in [1.54, 1.807) is 0 Å². The monoisotopic (exact) mass is 391 g/mol. The number of benzene rings is 4. The molecule has 0 fully saturated rings. The maximum atomic E-state index is 3.62. The van der Waals surface area contributed by atoms with Gasteiger partial charge >= 0.3 is 0 Å². The SMILES string of the molecule is Cc1cccc(Cc2cc(Cc3cccc(C)c3)cc(Nc3cccc(C)c3)c2)c1. The van der Waals surface area contributed by atoms with Crippen LogP contribution in [0.25, 0.3) is 0 Å². The Balaban J connectivity index is 1.67. The molecule has 150 valence electrons. The Morgan fingerprint density at radius 3 is 1.47 bits per heavy atom. The summed E-state index contributed by atoms with van der Waals surface area (Å²) in [5.74, 6) is 0. The van der Waals surface area contributed by atoms with E-state index in [1.165, 1.54) is 38.9 Å². The highest BCUT2D eigenvalue weighted by molar-refractivity contribution is 5.62. The van der Waals surface area contributed by atoms with Crippen LogP contribution >= 0.6 is 0 Å². The maximum absolute atomic E-state index is 3.62. The van der Waals surface area contributed by atoms with Crippen LogP contribution < -0.4 is 5.32 Å². The number of aryl methyl sites for hydroxylation is 3. The second kappa shape index (κ2) is 9.00. The number of nitrogens with one attached hydrogen (secondary N) is 1. The standard InChI is InChI=1S/C29H29N/c1-21-7-4-10-24(13-21)16-26-18-27(17-25-11-5-8-22(2)14-25)20-29(19-26)30-28-12-6-9-23(3)15-28/h4-15,18-20,30H,16-17H2,1-3H3. The number of anilines is 2. The highest BCUT2D eigenvalue weighted by Crippen LogP contribution is 2.24. The molecular formula is C29H29N. The Bertz CT molecular complexity index is 998. The van der Waals surface area contributed by atoms with Gasteiger partial charge in [-0.2, -0.15) is 0 Å². The van der Waals surface area contributed by atoms with E-state index in [4.69, 9.17) is 0 Å². The molecule has 0 aliphatic rings. The predicted octanol–water partition coefficient (Wildman–Crippen LogP) is 7.54. The quantitative estimate of drug-likeness (QED) is 0.358. The van der Waals surface area contributed by atoms with Crippen molar-refractivity contribution in [2.24, 2.45) is 0 Å². The average Bonchev–Trinajstić information content (AvgIpc) is 2.68. The Hall–Kier alpha value is -3.32. The molecule has 0 spiro atoms. The second-order valence-electron chi connectivity index (χ2n) is 8.36. The molecule has 4 aromatic carbocycles. The fraction of sp³-hybridized carbons (Fsp3) is 0.172.